The number of thiazole rings is 1. The minimum atomic E-state index is -0.0713. The first-order chi connectivity index (χ1) is 13.4. The molecule has 1 N–H and O–H groups in total. The van der Waals surface area contributed by atoms with Crippen LogP contribution in [0.2, 0.25) is 5.02 Å². The summed E-state index contributed by atoms with van der Waals surface area (Å²) in [6, 6.07) is 13.5. The van der Waals surface area contributed by atoms with E-state index in [0.717, 1.165) is 31.9 Å². The number of aromatic nitrogens is 1. The predicted molar refractivity (Wildman–Crippen MR) is 120 cm³/mol. The molecule has 1 aromatic heterocycles. The van der Waals surface area contributed by atoms with Crippen molar-refractivity contribution >= 4 is 49.9 Å². The van der Waals surface area contributed by atoms with Gasteiger partial charge in [-0.2, -0.15) is 0 Å². The number of rotatable bonds is 7. The summed E-state index contributed by atoms with van der Waals surface area (Å²) in [7, 11) is 0. The zero-order valence-electron chi connectivity index (χ0n) is 15.6. The number of amides is 1. The summed E-state index contributed by atoms with van der Waals surface area (Å²) in [5, 5.41) is 4.14. The zero-order valence-corrected chi connectivity index (χ0v) is 18.7. The van der Waals surface area contributed by atoms with Crippen LogP contribution in [0.1, 0.15) is 23.3 Å². The number of hydrogen-bond donors (Lipinski definition) is 1. The molecule has 0 aliphatic carbocycles. The van der Waals surface area contributed by atoms with E-state index in [-0.39, 0.29) is 5.91 Å². The highest BCUT2D eigenvalue weighted by Gasteiger charge is 2.12. The molecule has 3 rings (SSSR count). The molecule has 0 aliphatic heterocycles. The van der Waals surface area contributed by atoms with Crippen LogP contribution in [0.5, 0.6) is 5.75 Å². The Labute approximate surface area is 182 Å². The molecule has 7 heteroatoms. The second kappa shape index (κ2) is 9.54. The maximum Gasteiger partial charge on any atom is 0.226 e. The van der Waals surface area contributed by atoms with Crippen molar-refractivity contribution in [3.63, 3.8) is 0 Å². The SMILES string of the molecule is Cc1ccc(OCCCC(=O)Nc2nc(-c3cccc(Cl)c3)c(C)s2)c(Br)c1. The minimum absolute atomic E-state index is 0.0713. The maximum atomic E-state index is 12.2. The molecule has 3 aromatic rings. The number of nitrogens with zero attached hydrogens (tertiary/aromatic N) is 1. The Kier molecular flexibility index (Phi) is 7.10. The van der Waals surface area contributed by atoms with Gasteiger partial charge in [-0.15, -0.1) is 11.3 Å². The summed E-state index contributed by atoms with van der Waals surface area (Å²) < 4.78 is 6.65. The van der Waals surface area contributed by atoms with Crippen LogP contribution >= 0.6 is 38.9 Å². The Balaban J connectivity index is 1.50. The van der Waals surface area contributed by atoms with Gasteiger partial charge in [-0.3, -0.25) is 4.79 Å². The van der Waals surface area contributed by atoms with Crippen LogP contribution in [-0.4, -0.2) is 17.5 Å². The molecule has 1 heterocycles. The van der Waals surface area contributed by atoms with Crippen LogP contribution in [0, 0.1) is 13.8 Å². The van der Waals surface area contributed by atoms with Gasteiger partial charge in [0.05, 0.1) is 16.8 Å². The fourth-order valence-electron chi connectivity index (χ4n) is 2.67. The lowest BCUT2D eigenvalue weighted by Crippen LogP contribution is -2.12. The normalized spacial score (nSPS) is 10.7. The lowest BCUT2D eigenvalue weighted by atomic mass is 10.1. The highest BCUT2D eigenvalue weighted by Crippen LogP contribution is 2.31. The van der Waals surface area contributed by atoms with Gasteiger partial charge in [-0.05, 0) is 66.0 Å². The van der Waals surface area contributed by atoms with Crippen LogP contribution < -0.4 is 10.1 Å². The van der Waals surface area contributed by atoms with Gasteiger partial charge in [0.2, 0.25) is 5.91 Å². The number of aryl methyl sites for hydroxylation is 2. The van der Waals surface area contributed by atoms with Crippen molar-refractivity contribution < 1.29 is 9.53 Å². The van der Waals surface area contributed by atoms with E-state index in [1.807, 2.05) is 56.3 Å². The second-order valence-electron chi connectivity index (χ2n) is 6.37. The molecule has 2 aromatic carbocycles. The molecular formula is C21H20BrClN2O2S. The number of ether oxygens (including phenoxy) is 1. The summed E-state index contributed by atoms with van der Waals surface area (Å²) in [5.74, 6) is 0.714. The third kappa shape index (κ3) is 5.56. The predicted octanol–water partition coefficient (Wildman–Crippen LogP) is 6.64. The van der Waals surface area contributed by atoms with Crippen molar-refractivity contribution in [3.8, 4) is 17.0 Å². The number of benzene rings is 2. The van der Waals surface area contributed by atoms with Gasteiger partial charge in [0.25, 0.3) is 0 Å². The Bertz CT molecular complexity index is 990. The zero-order chi connectivity index (χ0) is 20.1. The first kappa shape index (κ1) is 20.8. The Morgan fingerprint density at radius 2 is 2.07 bits per heavy atom. The third-order valence-electron chi connectivity index (χ3n) is 4.03. The van der Waals surface area contributed by atoms with Crippen LogP contribution in [-0.2, 0) is 4.79 Å². The number of hydrogen-bond acceptors (Lipinski definition) is 4. The van der Waals surface area contributed by atoms with Crippen molar-refractivity contribution in [3.05, 3.63) is 62.4 Å². The summed E-state index contributed by atoms with van der Waals surface area (Å²) in [4.78, 5) is 17.8. The van der Waals surface area contributed by atoms with E-state index >= 15 is 0 Å². The van der Waals surface area contributed by atoms with E-state index < -0.39 is 0 Å². The number of carbonyl (C=O) groups excluding carboxylic acids is 1. The molecule has 0 saturated carbocycles. The number of anilines is 1. The maximum absolute atomic E-state index is 12.2. The first-order valence-electron chi connectivity index (χ1n) is 8.84. The van der Waals surface area contributed by atoms with Gasteiger partial charge < -0.3 is 10.1 Å². The first-order valence-corrected chi connectivity index (χ1v) is 10.8. The van der Waals surface area contributed by atoms with E-state index in [1.165, 1.54) is 11.3 Å². The second-order valence-corrected chi connectivity index (χ2v) is 8.86. The topological polar surface area (TPSA) is 51.2 Å². The summed E-state index contributed by atoms with van der Waals surface area (Å²) >= 11 is 11.0. The van der Waals surface area contributed by atoms with Gasteiger partial charge in [-0.25, -0.2) is 4.98 Å². The molecule has 0 fully saturated rings. The smallest absolute Gasteiger partial charge is 0.226 e. The summed E-state index contributed by atoms with van der Waals surface area (Å²) in [6.45, 7) is 4.48. The van der Waals surface area contributed by atoms with Crippen LogP contribution in [0.3, 0.4) is 0 Å². The Hall–Kier alpha value is -1.89. The number of carbonyl (C=O) groups is 1. The number of nitrogens with one attached hydrogen (secondary N) is 1. The average Bonchev–Trinajstić information content (AvgIpc) is 3.00. The van der Waals surface area contributed by atoms with E-state index in [4.69, 9.17) is 16.3 Å². The molecular weight excluding hydrogens is 460 g/mol. The van der Waals surface area contributed by atoms with Gasteiger partial charge in [-0.1, -0.05) is 29.8 Å². The van der Waals surface area contributed by atoms with Gasteiger partial charge in [0.1, 0.15) is 5.75 Å². The summed E-state index contributed by atoms with van der Waals surface area (Å²) in [6.07, 6.45) is 0.992. The van der Waals surface area contributed by atoms with E-state index in [0.29, 0.717) is 29.6 Å². The molecule has 0 spiro atoms. The lowest BCUT2D eigenvalue weighted by Gasteiger charge is -2.08. The van der Waals surface area contributed by atoms with Crippen LogP contribution in [0.25, 0.3) is 11.3 Å². The standard InChI is InChI=1S/C21H20BrClN2O2S/c1-13-8-9-18(17(22)11-13)27-10-4-7-19(26)24-21-25-20(14(2)28-21)15-5-3-6-16(23)12-15/h3,5-6,8-9,11-12H,4,7,10H2,1-2H3,(H,24,25,26). The molecule has 28 heavy (non-hydrogen) atoms. The van der Waals surface area contributed by atoms with Gasteiger partial charge >= 0.3 is 0 Å². The largest absolute Gasteiger partial charge is 0.492 e. The quantitative estimate of drug-likeness (QED) is 0.386. The van der Waals surface area contributed by atoms with Crippen molar-refractivity contribution in [2.45, 2.75) is 26.7 Å². The number of halogens is 2. The molecule has 0 unspecified atom stereocenters. The van der Waals surface area contributed by atoms with E-state index in [9.17, 15) is 4.79 Å². The van der Waals surface area contributed by atoms with Gasteiger partial charge in [0.15, 0.2) is 5.13 Å². The summed E-state index contributed by atoms with van der Waals surface area (Å²) in [5.41, 5.74) is 2.95. The molecule has 4 nitrogen and oxygen atoms in total. The Morgan fingerprint density at radius 1 is 1.25 bits per heavy atom. The van der Waals surface area contributed by atoms with E-state index in [2.05, 4.69) is 26.2 Å². The van der Waals surface area contributed by atoms with Crippen molar-refractivity contribution in [1.82, 2.24) is 4.98 Å². The monoisotopic (exact) mass is 478 g/mol. The highest BCUT2D eigenvalue weighted by atomic mass is 79.9. The van der Waals surface area contributed by atoms with Gasteiger partial charge in [0, 0.05) is 21.9 Å². The minimum Gasteiger partial charge on any atom is -0.492 e. The van der Waals surface area contributed by atoms with Crippen molar-refractivity contribution in [2.75, 3.05) is 11.9 Å². The van der Waals surface area contributed by atoms with Crippen LogP contribution in [0.4, 0.5) is 5.13 Å². The lowest BCUT2D eigenvalue weighted by molar-refractivity contribution is -0.116. The third-order valence-corrected chi connectivity index (χ3v) is 5.78. The molecule has 0 radical (unpaired) electrons. The fourth-order valence-corrected chi connectivity index (χ4v) is 4.32. The molecule has 0 saturated heterocycles. The Morgan fingerprint density at radius 3 is 2.82 bits per heavy atom. The molecule has 146 valence electrons. The fraction of sp³-hybridized carbons (Fsp3) is 0.238. The molecule has 0 bridgehead atoms. The van der Waals surface area contributed by atoms with Crippen molar-refractivity contribution in [2.24, 2.45) is 0 Å². The van der Waals surface area contributed by atoms with Crippen molar-refractivity contribution in [1.29, 1.82) is 0 Å². The average molecular weight is 480 g/mol. The molecule has 0 aliphatic rings. The molecule has 0 atom stereocenters. The molecule has 1 amide bonds. The van der Waals surface area contributed by atoms with E-state index in [1.54, 1.807) is 0 Å². The van der Waals surface area contributed by atoms with Crippen LogP contribution in [0.15, 0.2) is 46.9 Å². The highest BCUT2D eigenvalue weighted by molar-refractivity contribution is 9.10.